The summed E-state index contributed by atoms with van der Waals surface area (Å²) < 4.78 is 32.3. The van der Waals surface area contributed by atoms with Gasteiger partial charge in [0.05, 0.1) is 23.9 Å². The second-order valence-electron chi connectivity index (χ2n) is 5.11. The molecule has 6 nitrogen and oxygen atoms in total. The quantitative estimate of drug-likeness (QED) is 0.775. The average Bonchev–Trinajstić information content (AvgIpc) is 2.57. The smallest absolute Gasteiger partial charge is 0.242 e. The van der Waals surface area contributed by atoms with Crippen LogP contribution in [0.4, 0.5) is 5.69 Å². The second kappa shape index (κ2) is 8.05. The van der Waals surface area contributed by atoms with Crippen LogP contribution in [0.1, 0.15) is 6.92 Å². The number of sulfonamides is 1. The van der Waals surface area contributed by atoms with Crippen molar-refractivity contribution in [2.24, 2.45) is 0 Å². The predicted octanol–water partition coefficient (Wildman–Crippen LogP) is 3.31. The van der Waals surface area contributed by atoms with E-state index in [-0.39, 0.29) is 14.9 Å². The number of hydrogen-bond acceptors (Lipinski definition) is 4. The van der Waals surface area contributed by atoms with Crippen LogP contribution in [0.3, 0.4) is 0 Å². The summed E-state index contributed by atoms with van der Waals surface area (Å²) >= 11 is 11.7. The molecule has 0 saturated carbocycles. The lowest BCUT2D eigenvalue weighted by molar-refractivity contribution is -0.117. The zero-order chi connectivity index (χ0) is 18.6. The maximum Gasteiger partial charge on any atom is 0.242 e. The molecule has 0 spiro atoms. The highest BCUT2D eigenvalue weighted by atomic mass is 35.5. The van der Waals surface area contributed by atoms with E-state index in [2.05, 4.69) is 10.0 Å². The molecule has 0 aliphatic rings. The number of amides is 1. The number of benzene rings is 2. The van der Waals surface area contributed by atoms with E-state index in [1.54, 1.807) is 24.3 Å². The Bertz CT molecular complexity index is 887. The van der Waals surface area contributed by atoms with Crippen molar-refractivity contribution in [1.29, 1.82) is 0 Å². The Balaban J connectivity index is 2.16. The summed E-state index contributed by atoms with van der Waals surface area (Å²) in [5.41, 5.74) is 0.432. The molecule has 1 unspecified atom stereocenters. The molecular weight excluding hydrogens is 387 g/mol. The van der Waals surface area contributed by atoms with Crippen LogP contribution in [0.5, 0.6) is 5.75 Å². The summed E-state index contributed by atoms with van der Waals surface area (Å²) in [6.45, 7) is 1.42. The van der Waals surface area contributed by atoms with Gasteiger partial charge in [-0.3, -0.25) is 4.79 Å². The highest BCUT2D eigenvalue weighted by Gasteiger charge is 2.25. The normalized spacial score (nSPS) is 12.5. The Morgan fingerprint density at radius 2 is 1.84 bits per heavy atom. The van der Waals surface area contributed by atoms with Crippen molar-refractivity contribution in [3.63, 3.8) is 0 Å². The Labute approximate surface area is 156 Å². The Morgan fingerprint density at radius 3 is 2.52 bits per heavy atom. The lowest BCUT2D eigenvalue weighted by Gasteiger charge is -2.16. The summed E-state index contributed by atoms with van der Waals surface area (Å²) in [5.74, 6) is -0.0879. The van der Waals surface area contributed by atoms with Crippen LogP contribution in [0, 0.1) is 0 Å². The number of ether oxygens (including phenoxy) is 1. The Kier molecular flexibility index (Phi) is 6.29. The maximum atomic E-state index is 12.4. The van der Waals surface area contributed by atoms with Crippen LogP contribution in [0.15, 0.2) is 47.4 Å². The number of methoxy groups -OCH3 is 1. The van der Waals surface area contributed by atoms with E-state index in [1.165, 1.54) is 32.2 Å². The minimum atomic E-state index is -4.02. The number of carbonyl (C=O) groups is 1. The molecule has 0 radical (unpaired) electrons. The largest absolute Gasteiger partial charge is 0.495 e. The van der Waals surface area contributed by atoms with Crippen LogP contribution < -0.4 is 14.8 Å². The molecule has 0 aliphatic carbocycles. The lowest BCUT2D eigenvalue weighted by atomic mass is 10.2. The van der Waals surface area contributed by atoms with Crippen molar-refractivity contribution >= 4 is 44.8 Å². The number of halogens is 2. The molecule has 9 heteroatoms. The van der Waals surface area contributed by atoms with Gasteiger partial charge in [-0.15, -0.1) is 0 Å². The van der Waals surface area contributed by atoms with Crippen LogP contribution >= 0.6 is 23.2 Å². The third-order valence-electron chi connectivity index (χ3n) is 3.27. The van der Waals surface area contributed by atoms with Gasteiger partial charge < -0.3 is 10.1 Å². The molecule has 25 heavy (non-hydrogen) atoms. The number of carbonyl (C=O) groups excluding carboxylic acids is 1. The number of nitrogens with one attached hydrogen (secondary N) is 2. The molecule has 0 bridgehead atoms. The topological polar surface area (TPSA) is 84.5 Å². The molecule has 134 valence electrons. The highest BCUT2D eigenvalue weighted by molar-refractivity contribution is 7.89. The van der Waals surface area contributed by atoms with Gasteiger partial charge in [0.25, 0.3) is 0 Å². The third-order valence-corrected chi connectivity index (χ3v) is 5.53. The van der Waals surface area contributed by atoms with Crippen LogP contribution in [-0.2, 0) is 14.8 Å². The fourth-order valence-electron chi connectivity index (χ4n) is 2.02. The summed E-state index contributed by atoms with van der Waals surface area (Å²) in [5, 5.41) is 2.84. The van der Waals surface area contributed by atoms with Gasteiger partial charge in [0.15, 0.2) is 0 Å². The molecule has 0 aromatic heterocycles. The number of anilines is 1. The Hall–Kier alpha value is -1.80. The second-order valence-corrected chi connectivity index (χ2v) is 7.63. The summed E-state index contributed by atoms with van der Waals surface area (Å²) in [6.07, 6.45) is 0. The maximum absolute atomic E-state index is 12.4. The van der Waals surface area contributed by atoms with Gasteiger partial charge in [-0.25, -0.2) is 8.42 Å². The first-order valence-corrected chi connectivity index (χ1v) is 9.40. The first kappa shape index (κ1) is 19.5. The molecule has 1 atom stereocenters. The van der Waals surface area contributed by atoms with Crippen LogP contribution in [0.25, 0.3) is 0 Å². The van der Waals surface area contributed by atoms with Crippen molar-refractivity contribution in [2.75, 3.05) is 12.4 Å². The van der Waals surface area contributed by atoms with Gasteiger partial charge in [-0.1, -0.05) is 35.3 Å². The average molecular weight is 403 g/mol. The van der Waals surface area contributed by atoms with Gasteiger partial charge in [0.1, 0.15) is 10.6 Å². The molecule has 2 aromatic carbocycles. The molecular formula is C16H16Cl2N2O4S. The Morgan fingerprint density at radius 1 is 1.16 bits per heavy atom. The predicted molar refractivity (Wildman–Crippen MR) is 97.9 cm³/mol. The minimum absolute atomic E-state index is 0.00855. The van der Waals surface area contributed by atoms with E-state index in [0.29, 0.717) is 11.4 Å². The number of para-hydroxylation sites is 2. The standard InChI is InChI=1S/C16H16Cl2N2O4S/c1-10(16(21)19-13-5-3-4-6-14(13)24-2)20-25(22,23)15-9-11(17)7-8-12(15)18/h3-10,20H,1-2H3,(H,19,21). The zero-order valence-electron chi connectivity index (χ0n) is 13.4. The van der Waals surface area contributed by atoms with E-state index in [1.807, 2.05) is 0 Å². The minimum Gasteiger partial charge on any atom is -0.495 e. The van der Waals surface area contributed by atoms with Gasteiger partial charge in [0.2, 0.25) is 15.9 Å². The fourth-order valence-corrected chi connectivity index (χ4v) is 3.99. The van der Waals surface area contributed by atoms with E-state index >= 15 is 0 Å². The molecule has 0 aliphatic heterocycles. The molecule has 1 amide bonds. The molecule has 0 fully saturated rings. The van der Waals surface area contributed by atoms with Gasteiger partial charge >= 0.3 is 0 Å². The van der Waals surface area contributed by atoms with Crippen molar-refractivity contribution in [1.82, 2.24) is 4.72 Å². The highest BCUT2D eigenvalue weighted by Crippen LogP contribution is 2.26. The van der Waals surface area contributed by atoms with Crippen LogP contribution in [0.2, 0.25) is 10.0 Å². The van der Waals surface area contributed by atoms with Crippen molar-refractivity contribution < 1.29 is 17.9 Å². The molecule has 0 heterocycles. The fraction of sp³-hybridized carbons (Fsp3) is 0.188. The third kappa shape index (κ3) is 4.85. The summed E-state index contributed by atoms with van der Waals surface area (Å²) in [4.78, 5) is 12.1. The van der Waals surface area contributed by atoms with Gasteiger partial charge in [0, 0.05) is 5.02 Å². The van der Waals surface area contributed by atoms with Gasteiger partial charge in [-0.2, -0.15) is 4.72 Å². The summed E-state index contributed by atoms with van der Waals surface area (Å²) in [7, 11) is -2.55. The van der Waals surface area contributed by atoms with Crippen molar-refractivity contribution in [3.05, 3.63) is 52.5 Å². The van der Waals surface area contributed by atoms with E-state index in [0.717, 1.165) is 0 Å². The van der Waals surface area contributed by atoms with E-state index in [4.69, 9.17) is 27.9 Å². The monoisotopic (exact) mass is 402 g/mol. The number of hydrogen-bond donors (Lipinski definition) is 2. The molecule has 2 rings (SSSR count). The van der Waals surface area contributed by atoms with Crippen molar-refractivity contribution in [3.8, 4) is 5.75 Å². The van der Waals surface area contributed by atoms with Gasteiger partial charge in [-0.05, 0) is 37.3 Å². The SMILES string of the molecule is COc1ccccc1NC(=O)C(C)NS(=O)(=O)c1cc(Cl)ccc1Cl. The first-order chi connectivity index (χ1) is 11.7. The number of rotatable bonds is 6. The first-order valence-electron chi connectivity index (χ1n) is 7.16. The van der Waals surface area contributed by atoms with Crippen LogP contribution in [-0.4, -0.2) is 27.5 Å². The van der Waals surface area contributed by atoms with Crippen molar-refractivity contribution in [2.45, 2.75) is 17.9 Å². The lowest BCUT2D eigenvalue weighted by Crippen LogP contribution is -2.41. The van der Waals surface area contributed by atoms with E-state index < -0.39 is 22.0 Å². The summed E-state index contributed by atoms with van der Waals surface area (Å²) in [6, 6.07) is 9.81. The molecule has 0 saturated heterocycles. The zero-order valence-corrected chi connectivity index (χ0v) is 15.7. The molecule has 2 aromatic rings. The molecule has 2 N–H and O–H groups in total. The van der Waals surface area contributed by atoms with E-state index in [9.17, 15) is 13.2 Å².